The molecule has 0 spiro atoms. The largest absolute Gasteiger partial charge is 0.506 e. The molecule has 0 aliphatic carbocycles. The van der Waals surface area contributed by atoms with E-state index in [2.05, 4.69) is 15.3 Å². The number of carbonyl (C=O) groups is 1. The average Bonchev–Trinajstić information content (AvgIpc) is 1.84. The summed E-state index contributed by atoms with van der Waals surface area (Å²) in [4.78, 5) is 12.6. The molecule has 0 rings (SSSR count). The first-order valence-corrected chi connectivity index (χ1v) is 2.88. The van der Waals surface area contributed by atoms with Crippen LogP contribution in [0.15, 0.2) is 17.1 Å². The second-order valence-corrected chi connectivity index (χ2v) is 1.79. The number of carbonyl (C=O) groups excluding carboxylic acids is 1. The minimum absolute atomic E-state index is 0.340. The lowest BCUT2D eigenvalue weighted by Gasteiger charge is -1.96. The van der Waals surface area contributed by atoms with E-state index in [4.69, 9.17) is 16.0 Å². The summed E-state index contributed by atoms with van der Waals surface area (Å²) in [5.74, 6) is -1.45. The standard InChI is InChI=1S/C5H7N5O2/c1-3(11)8-4(6)2-5(12)9-10-7/h2,12H,1H3,(H2,6,8,11). The van der Waals surface area contributed by atoms with E-state index in [1.807, 2.05) is 0 Å². The fraction of sp³-hybridized carbons (Fsp3) is 0.200. The van der Waals surface area contributed by atoms with Crippen LogP contribution in [0.1, 0.15) is 6.92 Å². The third-order valence-electron chi connectivity index (χ3n) is 0.731. The Hall–Kier alpha value is -2.01. The number of hydrogen-bond acceptors (Lipinski definition) is 4. The molecule has 12 heavy (non-hydrogen) atoms. The quantitative estimate of drug-likeness (QED) is 0.141. The number of hydrogen-bond donors (Lipinski definition) is 3. The number of aliphatic hydroxyl groups is 1. The summed E-state index contributed by atoms with van der Waals surface area (Å²) in [6.07, 6.45) is 0.821. The Morgan fingerprint density at radius 2 is 2.42 bits per heavy atom. The highest BCUT2D eigenvalue weighted by molar-refractivity contribution is 6.01. The molecule has 0 atom stereocenters. The van der Waals surface area contributed by atoms with Gasteiger partial charge in [-0.1, -0.05) is 0 Å². The van der Waals surface area contributed by atoms with Gasteiger partial charge in [0.1, 0.15) is 5.84 Å². The molecule has 7 nitrogen and oxygen atoms in total. The smallest absolute Gasteiger partial charge is 0.222 e. The van der Waals surface area contributed by atoms with Gasteiger partial charge < -0.3 is 10.4 Å². The van der Waals surface area contributed by atoms with Crippen molar-refractivity contribution < 1.29 is 9.90 Å². The minimum atomic E-state index is -0.670. The molecule has 0 aliphatic rings. The number of amides is 1. The lowest BCUT2D eigenvalue weighted by molar-refractivity contribution is -0.117. The summed E-state index contributed by atoms with van der Waals surface area (Å²) in [5, 5.41) is 20.5. The lowest BCUT2D eigenvalue weighted by Crippen LogP contribution is -2.25. The average molecular weight is 169 g/mol. The van der Waals surface area contributed by atoms with Gasteiger partial charge in [-0.3, -0.25) is 10.2 Å². The molecule has 0 aromatic carbocycles. The molecule has 1 amide bonds. The van der Waals surface area contributed by atoms with Crippen LogP contribution in [0.3, 0.4) is 0 Å². The number of nitrogens with zero attached hydrogens (tertiary/aromatic N) is 3. The molecule has 64 valence electrons. The Kier molecular flexibility index (Phi) is 3.96. The zero-order chi connectivity index (χ0) is 9.56. The summed E-state index contributed by atoms with van der Waals surface area (Å²) in [5.41, 5.74) is 7.83. The maximum atomic E-state index is 10.3. The maximum Gasteiger partial charge on any atom is 0.222 e. The van der Waals surface area contributed by atoms with Crippen molar-refractivity contribution >= 4 is 11.7 Å². The summed E-state index contributed by atoms with van der Waals surface area (Å²) in [6.45, 7) is 1.22. The summed E-state index contributed by atoms with van der Waals surface area (Å²) >= 11 is 0. The van der Waals surface area contributed by atoms with Crippen molar-refractivity contribution in [3.63, 3.8) is 0 Å². The summed E-state index contributed by atoms with van der Waals surface area (Å²) in [6, 6.07) is 0. The molecule has 0 heterocycles. The molecule has 0 bridgehead atoms. The van der Waals surface area contributed by atoms with Crippen molar-refractivity contribution in [1.29, 1.82) is 5.41 Å². The molecule has 0 fully saturated rings. The number of rotatable bonds is 2. The normalized spacial score (nSPS) is 9.92. The highest BCUT2D eigenvalue weighted by Crippen LogP contribution is 1.89. The Balaban J connectivity index is 4.23. The van der Waals surface area contributed by atoms with Crippen molar-refractivity contribution in [3.8, 4) is 0 Å². The second-order valence-electron chi connectivity index (χ2n) is 1.79. The Bertz CT molecular complexity index is 276. The predicted molar refractivity (Wildman–Crippen MR) is 41.4 cm³/mol. The minimum Gasteiger partial charge on any atom is -0.506 e. The number of aliphatic hydroxyl groups excluding tert-OH is 1. The van der Waals surface area contributed by atoms with Crippen LogP contribution in [-0.4, -0.2) is 16.8 Å². The van der Waals surface area contributed by atoms with E-state index in [-0.39, 0.29) is 5.84 Å². The molecular weight excluding hydrogens is 162 g/mol. The van der Waals surface area contributed by atoms with Crippen molar-refractivity contribution in [2.24, 2.45) is 5.11 Å². The number of amidine groups is 1. The third kappa shape index (κ3) is 4.83. The van der Waals surface area contributed by atoms with Crippen LogP contribution in [0.4, 0.5) is 0 Å². The zero-order valence-corrected chi connectivity index (χ0v) is 6.27. The van der Waals surface area contributed by atoms with Gasteiger partial charge >= 0.3 is 0 Å². The van der Waals surface area contributed by atoms with E-state index in [1.165, 1.54) is 6.92 Å². The van der Waals surface area contributed by atoms with Crippen LogP contribution in [0, 0.1) is 5.41 Å². The molecule has 0 saturated carbocycles. The Morgan fingerprint density at radius 1 is 1.83 bits per heavy atom. The van der Waals surface area contributed by atoms with Crippen LogP contribution in [0.25, 0.3) is 10.4 Å². The Morgan fingerprint density at radius 3 is 2.83 bits per heavy atom. The molecule has 0 aromatic rings. The van der Waals surface area contributed by atoms with Crippen LogP contribution in [0.5, 0.6) is 0 Å². The highest BCUT2D eigenvalue weighted by Gasteiger charge is 1.95. The molecule has 3 N–H and O–H groups in total. The number of nitrogens with one attached hydrogen (secondary N) is 2. The van der Waals surface area contributed by atoms with Gasteiger partial charge in [-0.05, 0) is 10.6 Å². The van der Waals surface area contributed by atoms with Gasteiger partial charge in [-0.25, -0.2) is 0 Å². The molecule has 0 aromatic heterocycles. The van der Waals surface area contributed by atoms with E-state index < -0.39 is 11.8 Å². The van der Waals surface area contributed by atoms with Gasteiger partial charge in [-0.2, -0.15) is 0 Å². The molecule has 0 radical (unpaired) electrons. The summed E-state index contributed by atoms with van der Waals surface area (Å²) < 4.78 is 0. The lowest BCUT2D eigenvalue weighted by atomic mass is 10.5. The molecular formula is C5H7N5O2. The Labute approximate surface area is 67.8 Å². The van der Waals surface area contributed by atoms with E-state index in [0.717, 1.165) is 6.08 Å². The molecule has 0 saturated heterocycles. The van der Waals surface area contributed by atoms with Crippen LogP contribution < -0.4 is 5.32 Å². The van der Waals surface area contributed by atoms with Gasteiger partial charge in [0.2, 0.25) is 5.91 Å². The van der Waals surface area contributed by atoms with E-state index >= 15 is 0 Å². The van der Waals surface area contributed by atoms with Crippen molar-refractivity contribution in [3.05, 3.63) is 22.4 Å². The van der Waals surface area contributed by atoms with Gasteiger partial charge in [-0.15, -0.1) is 0 Å². The molecule has 7 heteroatoms. The second kappa shape index (κ2) is 4.75. The van der Waals surface area contributed by atoms with Crippen molar-refractivity contribution in [2.45, 2.75) is 6.92 Å². The third-order valence-corrected chi connectivity index (χ3v) is 0.731. The maximum absolute atomic E-state index is 10.3. The van der Waals surface area contributed by atoms with Gasteiger partial charge in [0.25, 0.3) is 0 Å². The van der Waals surface area contributed by atoms with E-state index in [0.29, 0.717) is 0 Å². The first-order valence-electron chi connectivity index (χ1n) is 2.88. The van der Waals surface area contributed by atoms with Crippen LogP contribution in [0.2, 0.25) is 0 Å². The fourth-order valence-electron chi connectivity index (χ4n) is 0.430. The van der Waals surface area contributed by atoms with Gasteiger partial charge in [0, 0.05) is 17.9 Å². The van der Waals surface area contributed by atoms with Crippen molar-refractivity contribution in [1.82, 2.24) is 5.32 Å². The van der Waals surface area contributed by atoms with E-state index in [1.54, 1.807) is 0 Å². The highest BCUT2D eigenvalue weighted by atomic mass is 16.3. The molecule has 0 aliphatic heterocycles. The predicted octanol–water partition coefficient (Wildman–Crippen LogP) is 0.809. The summed E-state index contributed by atoms with van der Waals surface area (Å²) in [7, 11) is 0. The number of azide groups is 1. The topological polar surface area (TPSA) is 122 Å². The SMILES string of the molecule is CC(=O)NC(=N)C=C(O)N=[N+]=[N-]. The van der Waals surface area contributed by atoms with E-state index in [9.17, 15) is 4.79 Å². The van der Waals surface area contributed by atoms with Crippen LogP contribution in [-0.2, 0) is 4.79 Å². The zero-order valence-electron chi connectivity index (χ0n) is 6.27. The monoisotopic (exact) mass is 169 g/mol. The fourth-order valence-corrected chi connectivity index (χ4v) is 0.430. The van der Waals surface area contributed by atoms with Gasteiger partial charge in [0.15, 0.2) is 5.88 Å². The first kappa shape index (κ1) is 9.99. The van der Waals surface area contributed by atoms with Crippen molar-refractivity contribution in [2.75, 3.05) is 0 Å². The van der Waals surface area contributed by atoms with Crippen LogP contribution >= 0.6 is 0 Å². The molecule has 0 unspecified atom stereocenters. The van der Waals surface area contributed by atoms with Gasteiger partial charge in [0.05, 0.1) is 0 Å². The first-order chi connectivity index (χ1) is 5.56.